The van der Waals surface area contributed by atoms with Crippen LogP contribution in [0.4, 0.5) is 5.82 Å². The number of rotatable bonds is 4. The van der Waals surface area contributed by atoms with Gasteiger partial charge in [0.25, 0.3) is 0 Å². The van der Waals surface area contributed by atoms with Crippen LogP contribution in [0.5, 0.6) is 5.75 Å². The lowest BCUT2D eigenvalue weighted by Gasteiger charge is -2.39. The van der Waals surface area contributed by atoms with Crippen LogP contribution in [0.15, 0.2) is 18.3 Å². The summed E-state index contributed by atoms with van der Waals surface area (Å²) in [7, 11) is 1.64. The fourth-order valence-corrected chi connectivity index (χ4v) is 2.54. The third-order valence-electron chi connectivity index (χ3n) is 3.91. The molecule has 18 heavy (non-hydrogen) atoms. The number of hydrogen-bond donors (Lipinski definition) is 2. The molecule has 0 radical (unpaired) electrons. The van der Waals surface area contributed by atoms with Gasteiger partial charge in [0, 0.05) is 6.20 Å². The van der Waals surface area contributed by atoms with Gasteiger partial charge in [-0.2, -0.15) is 0 Å². The lowest BCUT2D eigenvalue weighted by atomic mass is 9.77. The number of anilines is 1. The molecule has 0 bridgehead atoms. The molecule has 1 saturated carbocycles. The van der Waals surface area contributed by atoms with Crippen molar-refractivity contribution >= 4 is 5.82 Å². The number of pyridine rings is 1. The van der Waals surface area contributed by atoms with Crippen molar-refractivity contribution in [1.82, 2.24) is 4.98 Å². The van der Waals surface area contributed by atoms with Gasteiger partial charge in [0.2, 0.25) is 0 Å². The second-order valence-electron chi connectivity index (χ2n) is 5.30. The van der Waals surface area contributed by atoms with Gasteiger partial charge in [-0.15, -0.1) is 0 Å². The third-order valence-corrected chi connectivity index (χ3v) is 3.91. The number of hydrogen-bond acceptors (Lipinski definition) is 4. The number of ether oxygens (including phenoxy) is 1. The van der Waals surface area contributed by atoms with Gasteiger partial charge in [0.05, 0.1) is 19.3 Å². The van der Waals surface area contributed by atoms with E-state index in [-0.39, 0.29) is 12.1 Å². The topological polar surface area (TPSA) is 54.4 Å². The van der Waals surface area contributed by atoms with Crippen molar-refractivity contribution in [1.29, 1.82) is 0 Å². The molecule has 1 heterocycles. The van der Waals surface area contributed by atoms with E-state index in [1.165, 1.54) is 0 Å². The van der Waals surface area contributed by atoms with E-state index >= 15 is 0 Å². The van der Waals surface area contributed by atoms with E-state index in [1.54, 1.807) is 13.3 Å². The monoisotopic (exact) mass is 250 g/mol. The van der Waals surface area contributed by atoms with Crippen LogP contribution in [0, 0.1) is 5.92 Å². The Labute approximate surface area is 108 Å². The molecule has 0 aromatic carbocycles. The van der Waals surface area contributed by atoms with Crippen molar-refractivity contribution in [2.75, 3.05) is 19.0 Å². The molecule has 0 aliphatic heterocycles. The summed E-state index contributed by atoms with van der Waals surface area (Å²) in [5, 5.41) is 13.1. The summed E-state index contributed by atoms with van der Waals surface area (Å²) < 4.78 is 5.29. The Bertz CT molecular complexity index is 387. The first-order valence-corrected chi connectivity index (χ1v) is 6.57. The van der Waals surface area contributed by atoms with Gasteiger partial charge in [0.1, 0.15) is 0 Å². The summed E-state index contributed by atoms with van der Waals surface area (Å²) >= 11 is 0. The molecule has 2 N–H and O–H groups in total. The van der Waals surface area contributed by atoms with Gasteiger partial charge in [-0.05, 0) is 43.7 Å². The number of nitrogens with one attached hydrogen (secondary N) is 1. The Hall–Kier alpha value is -1.29. The predicted octanol–water partition coefficient (Wildman–Crippen LogP) is 2.44. The SMILES string of the molecule is COc1cccnc1NC1(CO)CCC(C)CC1. The summed E-state index contributed by atoms with van der Waals surface area (Å²) in [4.78, 5) is 4.31. The van der Waals surface area contributed by atoms with Crippen molar-refractivity contribution in [3.8, 4) is 5.75 Å². The van der Waals surface area contributed by atoms with E-state index in [0.717, 1.165) is 43.2 Å². The summed E-state index contributed by atoms with van der Waals surface area (Å²) in [5.74, 6) is 2.20. The van der Waals surface area contributed by atoms with E-state index < -0.39 is 0 Å². The Morgan fingerprint density at radius 1 is 1.50 bits per heavy atom. The fraction of sp³-hybridized carbons (Fsp3) is 0.643. The smallest absolute Gasteiger partial charge is 0.169 e. The minimum Gasteiger partial charge on any atom is -0.493 e. The summed E-state index contributed by atoms with van der Waals surface area (Å²) in [6.07, 6.45) is 5.97. The molecule has 1 aromatic rings. The molecule has 2 rings (SSSR count). The van der Waals surface area contributed by atoms with Crippen LogP contribution >= 0.6 is 0 Å². The van der Waals surface area contributed by atoms with Crippen LogP contribution in [-0.4, -0.2) is 29.3 Å². The first kappa shape index (κ1) is 13.1. The molecular formula is C14H22N2O2. The highest BCUT2D eigenvalue weighted by atomic mass is 16.5. The van der Waals surface area contributed by atoms with E-state index in [2.05, 4.69) is 17.2 Å². The zero-order valence-electron chi connectivity index (χ0n) is 11.1. The van der Waals surface area contributed by atoms with Crippen molar-refractivity contribution in [2.45, 2.75) is 38.1 Å². The van der Waals surface area contributed by atoms with E-state index in [0.29, 0.717) is 0 Å². The van der Waals surface area contributed by atoms with Crippen molar-refractivity contribution < 1.29 is 9.84 Å². The summed E-state index contributed by atoms with van der Waals surface area (Å²) in [5.41, 5.74) is -0.242. The largest absolute Gasteiger partial charge is 0.493 e. The number of methoxy groups -OCH3 is 1. The molecule has 4 nitrogen and oxygen atoms in total. The average Bonchev–Trinajstić information content (AvgIpc) is 2.42. The van der Waals surface area contributed by atoms with Crippen molar-refractivity contribution in [2.24, 2.45) is 5.92 Å². The number of aromatic nitrogens is 1. The van der Waals surface area contributed by atoms with E-state index in [1.807, 2.05) is 12.1 Å². The van der Waals surface area contributed by atoms with Crippen LogP contribution in [0.1, 0.15) is 32.6 Å². The first-order chi connectivity index (χ1) is 8.69. The maximum atomic E-state index is 9.72. The number of aliphatic hydroxyl groups excluding tert-OH is 1. The molecule has 1 fully saturated rings. The van der Waals surface area contributed by atoms with Crippen LogP contribution in [-0.2, 0) is 0 Å². The highest BCUT2D eigenvalue weighted by Crippen LogP contribution is 2.35. The maximum Gasteiger partial charge on any atom is 0.169 e. The first-order valence-electron chi connectivity index (χ1n) is 6.57. The van der Waals surface area contributed by atoms with Crippen LogP contribution in [0.2, 0.25) is 0 Å². The molecule has 1 aliphatic rings. The predicted molar refractivity (Wildman–Crippen MR) is 71.9 cm³/mol. The molecule has 0 unspecified atom stereocenters. The Balaban J connectivity index is 2.15. The van der Waals surface area contributed by atoms with Crippen LogP contribution in [0.25, 0.3) is 0 Å². The van der Waals surface area contributed by atoms with Crippen molar-refractivity contribution in [3.05, 3.63) is 18.3 Å². The average molecular weight is 250 g/mol. The van der Waals surface area contributed by atoms with Gasteiger partial charge in [-0.3, -0.25) is 0 Å². The maximum absolute atomic E-state index is 9.72. The normalized spacial score (nSPS) is 27.8. The Morgan fingerprint density at radius 3 is 2.83 bits per heavy atom. The van der Waals surface area contributed by atoms with Gasteiger partial charge in [0.15, 0.2) is 11.6 Å². The standard InChI is InChI=1S/C14H22N2O2/c1-11-5-7-14(10-17,8-6-11)16-13-12(18-2)4-3-9-15-13/h3-4,9,11,17H,5-8,10H2,1-2H3,(H,15,16). The van der Waals surface area contributed by atoms with Gasteiger partial charge in [-0.1, -0.05) is 6.92 Å². The molecule has 1 aliphatic carbocycles. The van der Waals surface area contributed by atoms with Crippen molar-refractivity contribution in [3.63, 3.8) is 0 Å². The summed E-state index contributed by atoms with van der Waals surface area (Å²) in [6.45, 7) is 2.40. The van der Waals surface area contributed by atoms with Crippen LogP contribution in [0.3, 0.4) is 0 Å². The van der Waals surface area contributed by atoms with Crippen LogP contribution < -0.4 is 10.1 Å². The highest BCUT2D eigenvalue weighted by Gasteiger charge is 2.34. The second kappa shape index (κ2) is 5.57. The summed E-state index contributed by atoms with van der Waals surface area (Å²) in [6, 6.07) is 3.73. The number of nitrogens with zero attached hydrogens (tertiary/aromatic N) is 1. The lowest BCUT2D eigenvalue weighted by molar-refractivity contribution is 0.154. The number of aliphatic hydroxyl groups is 1. The highest BCUT2D eigenvalue weighted by molar-refractivity contribution is 5.51. The minimum atomic E-state index is -0.242. The quantitative estimate of drug-likeness (QED) is 0.862. The van der Waals surface area contributed by atoms with E-state index in [4.69, 9.17) is 4.74 Å². The minimum absolute atomic E-state index is 0.138. The molecule has 100 valence electrons. The third kappa shape index (κ3) is 2.75. The molecule has 1 aromatic heterocycles. The fourth-order valence-electron chi connectivity index (χ4n) is 2.54. The molecule has 0 saturated heterocycles. The molecule has 0 spiro atoms. The Kier molecular flexibility index (Phi) is 4.07. The molecule has 0 atom stereocenters. The second-order valence-corrected chi connectivity index (χ2v) is 5.30. The van der Waals surface area contributed by atoms with Gasteiger partial charge in [-0.25, -0.2) is 4.98 Å². The molecular weight excluding hydrogens is 228 g/mol. The lowest BCUT2D eigenvalue weighted by Crippen LogP contribution is -2.45. The zero-order chi connectivity index (χ0) is 13.0. The molecule has 4 heteroatoms. The van der Waals surface area contributed by atoms with Gasteiger partial charge < -0.3 is 15.2 Å². The zero-order valence-corrected chi connectivity index (χ0v) is 11.1. The molecule has 0 amide bonds. The Morgan fingerprint density at radius 2 is 2.22 bits per heavy atom. The van der Waals surface area contributed by atoms with Gasteiger partial charge >= 0.3 is 0 Å². The van der Waals surface area contributed by atoms with E-state index in [9.17, 15) is 5.11 Å².